The number of anilines is 1. The van der Waals surface area contributed by atoms with E-state index in [2.05, 4.69) is 32.7 Å². The van der Waals surface area contributed by atoms with E-state index >= 15 is 0 Å². The van der Waals surface area contributed by atoms with Gasteiger partial charge in [-0.05, 0) is 61.9 Å². The minimum Gasteiger partial charge on any atom is -0.497 e. The molecule has 3 heterocycles. The van der Waals surface area contributed by atoms with Crippen molar-refractivity contribution in [2.24, 2.45) is 0 Å². The summed E-state index contributed by atoms with van der Waals surface area (Å²) in [5.74, 6) is -0.375. The van der Waals surface area contributed by atoms with Gasteiger partial charge in [-0.25, -0.2) is 9.59 Å². The number of methoxy groups -OCH3 is 1. The minimum atomic E-state index is -0.554. The molecule has 5 nitrogen and oxygen atoms in total. The number of likely N-dealkylation sites (N-methyl/N-ethyl adjacent to an activating group) is 1. The van der Waals surface area contributed by atoms with Gasteiger partial charge in [0.1, 0.15) is 5.75 Å². The minimum absolute atomic E-state index is 0.411. The fourth-order valence-corrected chi connectivity index (χ4v) is 6.99. The van der Waals surface area contributed by atoms with Crippen molar-refractivity contribution in [1.29, 1.82) is 0 Å². The number of allylic oxidation sites excluding steroid dienone is 2. The topological polar surface area (TPSA) is 55.8 Å². The molecule has 6 heteroatoms. The van der Waals surface area contributed by atoms with Gasteiger partial charge in [-0.2, -0.15) is 0 Å². The number of benzene rings is 1. The van der Waals surface area contributed by atoms with Crippen LogP contribution < -0.4 is 9.64 Å². The van der Waals surface area contributed by atoms with Crippen LogP contribution in [0.15, 0.2) is 45.4 Å². The van der Waals surface area contributed by atoms with Crippen molar-refractivity contribution in [2.45, 2.75) is 38.0 Å². The number of esters is 2. The van der Waals surface area contributed by atoms with Gasteiger partial charge >= 0.3 is 11.9 Å². The number of carbonyl (C=O) groups excluding carboxylic acids is 2. The van der Waals surface area contributed by atoms with Crippen molar-refractivity contribution >= 4 is 35.0 Å². The van der Waals surface area contributed by atoms with Crippen molar-refractivity contribution in [3.8, 4) is 5.75 Å². The molecule has 0 unspecified atom stereocenters. The lowest BCUT2D eigenvalue weighted by Crippen LogP contribution is -2.58. The monoisotopic (exact) mass is 395 g/mol. The molecule has 1 aliphatic carbocycles. The van der Waals surface area contributed by atoms with E-state index in [-0.39, 0.29) is 0 Å². The average Bonchev–Trinajstić information content (AvgIpc) is 3.16. The van der Waals surface area contributed by atoms with Crippen LogP contribution in [0.2, 0.25) is 0 Å². The van der Waals surface area contributed by atoms with Crippen LogP contribution in [0.5, 0.6) is 5.75 Å². The van der Waals surface area contributed by atoms with E-state index in [0.717, 1.165) is 28.0 Å². The Morgan fingerprint density at radius 2 is 1.71 bits per heavy atom. The first-order valence-electron chi connectivity index (χ1n) is 9.22. The zero-order chi connectivity index (χ0) is 20.2. The second-order valence-corrected chi connectivity index (χ2v) is 9.64. The molecule has 0 radical (unpaired) electrons. The highest BCUT2D eigenvalue weighted by Gasteiger charge is 2.65. The molecule has 0 amide bonds. The van der Waals surface area contributed by atoms with Crippen molar-refractivity contribution < 1.29 is 19.1 Å². The molecule has 2 atom stereocenters. The van der Waals surface area contributed by atoms with Crippen LogP contribution >= 0.6 is 11.8 Å². The predicted molar refractivity (Wildman–Crippen MR) is 109 cm³/mol. The SMILES string of the molecule is COc1ccc2c(c1)C1=C3C(=O)OC(=O)C3=C3C(C)=C(C)S[C@@]3(C)[C@]1(C)N2C. The summed E-state index contributed by atoms with van der Waals surface area (Å²) >= 11 is 1.77. The molecule has 1 fully saturated rings. The molecule has 1 aromatic carbocycles. The van der Waals surface area contributed by atoms with Gasteiger partial charge in [-0.3, -0.25) is 0 Å². The third kappa shape index (κ3) is 1.67. The Bertz CT molecular complexity index is 1110. The Morgan fingerprint density at radius 3 is 2.36 bits per heavy atom. The van der Waals surface area contributed by atoms with Crippen molar-refractivity contribution in [2.75, 3.05) is 19.1 Å². The summed E-state index contributed by atoms with van der Waals surface area (Å²) in [4.78, 5) is 29.0. The molecule has 0 aromatic heterocycles. The largest absolute Gasteiger partial charge is 0.497 e. The Balaban J connectivity index is 1.96. The van der Waals surface area contributed by atoms with Gasteiger partial charge in [0, 0.05) is 23.9 Å². The summed E-state index contributed by atoms with van der Waals surface area (Å²) in [7, 11) is 3.68. The molecule has 0 spiro atoms. The molecule has 0 bridgehead atoms. The number of fused-ring (bicyclic) bond motifs is 6. The Labute approximate surface area is 168 Å². The maximum absolute atomic E-state index is 12.8. The zero-order valence-corrected chi connectivity index (χ0v) is 17.5. The highest BCUT2D eigenvalue weighted by Crippen LogP contribution is 2.68. The second-order valence-electron chi connectivity index (χ2n) is 8.01. The molecule has 3 aliphatic heterocycles. The Morgan fingerprint density at radius 1 is 1.07 bits per heavy atom. The molecular formula is C22H21NO4S. The number of rotatable bonds is 1. The molecule has 1 aromatic rings. The molecular weight excluding hydrogens is 374 g/mol. The maximum atomic E-state index is 12.8. The number of hydrogen-bond donors (Lipinski definition) is 0. The van der Waals surface area contributed by atoms with Crippen LogP contribution in [0, 0.1) is 0 Å². The van der Waals surface area contributed by atoms with Crippen LogP contribution in [0.4, 0.5) is 5.69 Å². The molecule has 4 aliphatic rings. The highest BCUT2D eigenvalue weighted by atomic mass is 32.2. The summed E-state index contributed by atoms with van der Waals surface area (Å²) in [5, 5.41) is 0. The van der Waals surface area contributed by atoms with Gasteiger partial charge in [0.25, 0.3) is 0 Å². The van der Waals surface area contributed by atoms with E-state index < -0.39 is 22.2 Å². The lowest BCUT2D eigenvalue weighted by atomic mass is 9.65. The van der Waals surface area contributed by atoms with Gasteiger partial charge in [0.2, 0.25) is 0 Å². The molecule has 144 valence electrons. The number of thioether (sulfide) groups is 1. The van der Waals surface area contributed by atoms with Crippen LogP contribution in [0.3, 0.4) is 0 Å². The second kappa shape index (κ2) is 5.11. The van der Waals surface area contributed by atoms with E-state index in [4.69, 9.17) is 9.47 Å². The lowest BCUT2D eigenvalue weighted by Gasteiger charge is -2.51. The summed E-state index contributed by atoms with van der Waals surface area (Å²) in [5.41, 5.74) is 5.11. The van der Waals surface area contributed by atoms with Crippen LogP contribution in [-0.2, 0) is 14.3 Å². The van der Waals surface area contributed by atoms with Crippen molar-refractivity contribution in [1.82, 2.24) is 0 Å². The van der Waals surface area contributed by atoms with Gasteiger partial charge in [0.15, 0.2) is 0 Å². The van der Waals surface area contributed by atoms with Gasteiger partial charge < -0.3 is 14.4 Å². The fraction of sp³-hybridized carbons (Fsp3) is 0.364. The third-order valence-electron chi connectivity index (χ3n) is 7.00. The Kier molecular flexibility index (Phi) is 3.22. The summed E-state index contributed by atoms with van der Waals surface area (Å²) in [6.45, 7) is 8.44. The van der Waals surface area contributed by atoms with Crippen molar-refractivity contribution in [3.63, 3.8) is 0 Å². The quantitative estimate of drug-likeness (QED) is 0.532. The first-order chi connectivity index (χ1) is 13.2. The van der Waals surface area contributed by atoms with Gasteiger partial charge in [0.05, 0.1) is 28.5 Å². The van der Waals surface area contributed by atoms with Crippen LogP contribution in [-0.4, -0.2) is 36.4 Å². The maximum Gasteiger partial charge on any atom is 0.347 e. The van der Waals surface area contributed by atoms with Crippen LogP contribution in [0.25, 0.3) is 5.57 Å². The fourth-order valence-electron chi connectivity index (χ4n) is 5.32. The number of nitrogens with zero attached hydrogens (tertiary/aromatic N) is 1. The molecule has 0 saturated carbocycles. The standard InChI is InChI=1S/C22H21NO4S/c1-10-11(2)28-22(4)17(10)15-16(20(25)27-19(15)24)18-13-9-12(26-6)7-8-14(13)23(5)21(18,22)3/h7-9H,1-6H3/t21-,22-/m1/s1. The number of hydrogen-bond acceptors (Lipinski definition) is 6. The van der Waals surface area contributed by atoms with E-state index in [0.29, 0.717) is 16.9 Å². The highest BCUT2D eigenvalue weighted by molar-refractivity contribution is 8.05. The summed E-state index contributed by atoms with van der Waals surface area (Å²) in [6.07, 6.45) is 0. The smallest absolute Gasteiger partial charge is 0.347 e. The number of ether oxygens (including phenoxy) is 2. The summed E-state index contributed by atoms with van der Waals surface area (Å²) in [6, 6.07) is 5.89. The normalized spacial score (nSPS) is 30.6. The van der Waals surface area contributed by atoms with Crippen LogP contribution in [0.1, 0.15) is 33.3 Å². The Hall–Kier alpha value is -2.47. The van der Waals surface area contributed by atoms with Gasteiger partial charge in [-0.1, -0.05) is 0 Å². The van der Waals surface area contributed by atoms with E-state index in [1.807, 2.05) is 25.1 Å². The van der Waals surface area contributed by atoms with E-state index in [9.17, 15) is 9.59 Å². The summed E-state index contributed by atoms with van der Waals surface area (Å²) < 4.78 is 10.1. The van der Waals surface area contributed by atoms with Gasteiger partial charge in [-0.15, -0.1) is 11.8 Å². The van der Waals surface area contributed by atoms with E-state index in [1.165, 1.54) is 4.91 Å². The van der Waals surface area contributed by atoms with Crippen molar-refractivity contribution in [3.05, 3.63) is 51.0 Å². The molecule has 5 rings (SSSR count). The number of carbonyl (C=O) groups is 2. The number of cyclic esters (lactones) is 2. The predicted octanol–water partition coefficient (Wildman–Crippen LogP) is 3.85. The zero-order valence-electron chi connectivity index (χ0n) is 16.7. The molecule has 0 N–H and O–H groups in total. The molecule has 28 heavy (non-hydrogen) atoms. The average molecular weight is 395 g/mol. The third-order valence-corrected chi connectivity index (χ3v) is 8.62. The van der Waals surface area contributed by atoms with E-state index in [1.54, 1.807) is 18.9 Å². The first-order valence-corrected chi connectivity index (χ1v) is 10.0. The first kappa shape index (κ1) is 17.6. The molecule has 1 saturated heterocycles. The lowest BCUT2D eigenvalue weighted by molar-refractivity contribution is -0.149.